The topological polar surface area (TPSA) is 60.6 Å². The SMILES string of the molecule is COc1ccc(-c2noc(CN3CCCC(C)C3)n2)c(OC)c1. The van der Waals surface area contributed by atoms with E-state index < -0.39 is 0 Å². The zero-order valence-electron chi connectivity index (χ0n) is 13.9. The molecule has 0 N–H and O–H groups in total. The smallest absolute Gasteiger partial charge is 0.241 e. The highest BCUT2D eigenvalue weighted by Gasteiger charge is 2.20. The summed E-state index contributed by atoms with van der Waals surface area (Å²) in [6, 6.07) is 5.56. The van der Waals surface area contributed by atoms with Gasteiger partial charge in [0.25, 0.3) is 0 Å². The maximum atomic E-state index is 5.42. The molecule has 1 atom stereocenters. The first-order chi connectivity index (χ1) is 11.2. The van der Waals surface area contributed by atoms with E-state index in [-0.39, 0.29) is 0 Å². The second-order valence-corrected chi connectivity index (χ2v) is 6.06. The van der Waals surface area contributed by atoms with Crippen molar-refractivity contribution in [3.8, 4) is 22.9 Å². The van der Waals surface area contributed by atoms with E-state index in [9.17, 15) is 0 Å². The van der Waals surface area contributed by atoms with Crippen molar-refractivity contribution in [1.29, 1.82) is 0 Å². The number of benzene rings is 1. The average Bonchev–Trinajstić information content (AvgIpc) is 3.02. The molecule has 0 radical (unpaired) electrons. The summed E-state index contributed by atoms with van der Waals surface area (Å²) in [7, 11) is 3.24. The van der Waals surface area contributed by atoms with Crippen molar-refractivity contribution in [2.75, 3.05) is 27.3 Å². The van der Waals surface area contributed by atoms with Crippen molar-refractivity contribution in [3.63, 3.8) is 0 Å². The van der Waals surface area contributed by atoms with Crippen LogP contribution in [0.1, 0.15) is 25.7 Å². The number of hydrogen-bond acceptors (Lipinski definition) is 6. The fourth-order valence-electron chi connectivity index (χ4n) is 3.03. The van der Waals surface area contributed by atoms with Crippen molar-refractivity contribution < 1.29 is 14.0 Å². The first-order valence-electron chi connectivity index (χ1n) is 7.97. The van der Waals surface area contributed by atoms with E-state index in [1.807, 2.05) is 18.2 Å². The second-order valence-electron chi connectivity index (χ2n) is 6.06. The summed E-state index contributed by atoms with van der Waals surface area (Å²) in [5.74, 6) is 3.32. The van der Waals surface area contributed by atoms with E-state index in [4.69, 9.17) is 14.0 Å². The van der Waals surface area contributed by atoms with Gasteiger partial charge in [0.1, 0.15) is 11.5 Å². The van der Waals surface area contributed by atoms with Gasteiger partial charge in [-0.1, -0.05) is 12.1 Å². The second kappa shape index (κ2) is 7.00. The molecular formula is C17H23N3O3. The van der Waals surface area contributed by atoms with Crippen LogP contribution in [0.25, 0.3) is 11.4 Å². The van der Waals surface area contributed by atoms with Crippen LogP contribution in [-0.4, -0.2) is 42.3 Å². The summed E-state index contributed by atoms with van der Waals surface area (Å²) in [5, 5.41) is 4.10. The van der Waals surface area contributed by atoms with E-state index in [1.54, 1.807) is 14.2 Å². The number of piperidine rings is 1. The Balaban J connectivity index is 1.76. The van der Waals surface area contributed by atoms with Gasteiger partial charge in [0, 0.05) is 12.6 Å². The predicted molar refractivity (Wildman–Crippen MR) is 86.5 cm³/mol. The summed E-state index contributed by atoms with van der Waals surface area (Å²) in [6.07, 6.45) is 2.53. The van der Waals surface area contributed by atoms with Gasteiger partial charge < -0.3 is 14.0 Å². The highest BCUT2D eigenvalue weighted by atomic mass is 16.5. The van der Waals surface area contributed by atoms with Crippen LogP contribution >= 0.6 is 0 Å². The molecule has 0 bridgehead atoms. The monoisotopic (exact) mass is 317 g/mol. The fourth-order valence-corrected chi connectivity index (χ4v) is 3.03. The molecule has 1 aromatic carbocycles. The van der Waals surface area contributed by atoms with Crippen LogP contribution in [-0.2, 0) is 6.54 Å². The van der Waals surface area contributed by atoms with E-state index in [0.29, 0.717) is 24.0 Å². The van der Waals surface area contributed by atoms with Crippen molar-refractivity contribution in [3.05, 3.63) is 24.1 Å². The molecule has 1 aromatic heterocycles. The molecule has 1 saturated heterocycles. The van der Waals surface area contributed by atoms with Crippen LogP contribution in [0.3, 0.4) is 0 Å². The van der Waals surface area contributed by atoms with E-state index in [0.717, 1.165) is 30.3 Å². The first kappa shape index (κ1) is 15.8. The molecule has 23 heavy (non-hydrogen) atoms. The lowest BCUT2D eigenvalue weighted by molar-refractivity contribution is 0.157. The van der Waals surface area contributed by atoms with Crippen LogP contribution in [0.15, 0.2) is 22.7 Å². The lowest BCUT2D eigenvalue weighted by Crippen LogP contribution is -2.33. The third-order valence-corrected chi connectivity index (χ3v) is 4.22. The van der Waals surface area contributed by atoms with Gasteiger partial charge in [-0.25, -0.2) is 0 Å². The van der Waals surface area contributed by atoms with E-state index in [1.165, 1.54) is 12.8 Å². The van der Waals surface area contributed by atoms with Gasteiger partial charge in [0.2, 0.25) is 11.7 Å². The highest BCUT2D eigenvalue weighted by Crippen LogP contribution is 2.31. The van der Waals surface area contributed by atoms with Gasteiger partial charge in [-0.2, -0.15) is 4.98 Å². The third kappa shape index (κ3) is 3.64. The van der Waals surface area contributed by atoms with Crippen molar-refractivity contribution >= 4 is 0 Å². The molecule has 2 aromatic rings. The van der Waals surface area contributed by atoms with Crippen molar-refractivity contribution in [2.45, 2.75) is 26.3 Å². The van der Waals surface area contributed by atoms with Gasteiger partial charge in [-0.3, -0.25) is 4.90 Å². The summed E-state index contributed by atoms with van der Waals surface area (Å²) in [5.41, 5.74) is 0.801. The van der Waals surface area contributed by atoms with Crippen LogP contribution in [0, 0.1) is 5.92 Å². The molecule has 0 saturated carbocycles. The Morgan fingerprint density at radius 2 is 2.17 bits per heavy atom. The fraction of sp³-hybridized carbons (Fsp3) is 0.529. The molecule has 1 fully saturated rings. The number of hydrogen-bond donors (Lipinski definition) is 0. The number of aromatic nitrogens is 2. The molecule has 1 aliphatic rings. The largest absolute Gasteiger partial charge is 0.497 e. The minimum absolute atomic E-state index is 0.546. The quantitative estimate of drug-likeness (QED) is 0.845. The average molecular weight is 317 g/mol. The molecule has 0 amide bonds. The summed E-state index contributed by atoms with van der Waals surface area (Å²) < 4.78 is 16.0. The summed E-state index contributed by atoms with van der Waals surface area (Å²) in [4.78, 5) is 6.90. The first-order valence-corrected chi connectivity index (χ1v) is 7.97. The molecule has 124 valence electrons. The molecular weight excluding hydrogens is 294 g/mol. The lowest BCUT2D eigenvalue weighted by atomic mass is 10.0. The Morgan fingerprint density at radius 3 is 2.91 bits per heavy atom. The highest BCUT2D eigenvalue weighted by molar-refractivity contribution is 5.65. The number of ether oxygens (including phenoxy) is 2. The zero-order valence-corrected chi connectivity index (χ0v) is 13.9. The Bertz CT molecular complexity index is 656. The van der Waals surface area contributed by atoms with Gasteiger partial charge in [0.05, 0.1) is 26.3 Å². The molecule has 1 unspecified atom stereocenters. The summed E-state index contributed by atoms with van der Waals surface area (Å²) >= 11 is 0. The molecule has 6 nitrogen and oxygen atoms in total. The van der Waals surface area contributed by atoms with Crippen molar-refractivity contribution in [1.82, 2.24) is 15.0 Å². The van der Waals surface area contributed by atoms with Gasteiger partial charge in [-0.05, 0) is 37.4 Å². The molecule has 0 aliphatic carbocycles. The number of methoxy groups -OCH3 is 2. The predicted octanol–water partition coefficient (Wildman–Crippen LogP) is 2.99. The Morgan fingerprint density at radius 1 is 1.30 bits per heavy atom. The Kier molecular flexibility index (Phi) is 4.81. The number of likely N-dealkylation sites (tertiary alicyclic amines) is 1. The van der Waals surface area contributed by atoms with Crippen LogP contribution in [0.2, 0.25) is 0 Å². The number of rotatable bonds is 5. The maximum absolute atomic E-state index is 5.42. The third-order valence-electron chi connectivity index (χ3n) is 4.22. The Labute approximate surface area is 136 Å². The Hall–Kier alpha value is -2.08. The number of nitrogens with zero attached hydrogens (tertiary/aromatic N) is 3. The molecule has 3 rings (SSSR count). The molecule has 1 aliphatic heterocycles. The van der Waals surface area contributed by atoms with Crippen LogP contribution in [0.5, 0.6) is 11.5 Å². The molecule has 2 heterocycles. The maximum Gasteiger partial charge on any atom is 0.241 e. The normalized spacial score (nSPS) is 18.8. The van der Waals surface area contributed by atoms with Crippen LogP contribution < -0.4 is 9.47 Å². The van der Waals surface area contributed by atoms with Crippen LogP contribution in [0.4, 0.5) is 0 Å². The standard InChI is InChI=1S/C17H23N3O3/c1-12-5-4-8-20(10-12)11-16-18-17(19-23-16)14-7-6-13(21-2)9-15(14)22-3/h6-7,9,12H,4-5,8,10-11H2,1-3H3. The van der Waals surface area contributed by atoms with Gasteiger partial charge in [-0.15, -0.1) is 0 Å². The minimum Gasteiger partial charge on any atom is -0.497 e. The summed E-state index contributed by atoms with van der Waals surface area (Å²) in [6.45, 7) is 5.17. The van der Waals surface area contributed by atoms with E-state index >= 15 is 0 Å². The van der Waals surface area contributed by atoms with Gasteiger partial charge in [0.15, 0.2) is 0 Å². The van der Waals surface area contributed by atoms with E-state index in [2.05, 4.69) is 22.0 Å². The minimum atomic E-state index is 0.546. The molecule has 0 spiro atoms. The van der Waals surface area contributed by atoms with Crippen molar-refractivity contribution in [2.24, 2.45) is 5.92 Å². The van der Waals surface area contributed by atoms with Gasteiger partial charge >= 0.3 is 0 Å². The zero-order chi connectivity index (χ0) is 16.2. The molecule has 6 heteroatoms. The lowest BCUT2D eigenvalue weighted by Gasteiger charge is -2.29.